The van der Waals surface area contributed by atoms with E-state index in [1.165, 1.54) is 32.7 Å². The van der Waals surface area contributed by atoms with Crippen molar-refractivity contribution < 1.29 is 0 Å². The van der Waals surface area contributed by atoms with Gasteiger partial charge in [0.05, 0.1) is 2.88 Å². The Bertz CT molecular complexity index is 493. The molecule has 2 aromatic rings. The van der Waals surface area contributed by atoms with Crippen molar-refractivity contribution in [1.29, 1.82) is 0 Å². The average Bonchev–Trinajstić information content (AvgIpc) is 2.93. The van der Waals surface area contributed by atoms with Crippen LogP contribution in [0.4, 0.5) is 0 Å². The number of rotatable bonds is 3. The van der Waals surface area contributed by atoms with Crippen molar-refractivity contribution >= 4 is 45.3 Å². The molecule has 2 aromatic heterocycles. The van der Waals surface area contributed by atoms with Crippen LogP contribution in [0.1, 0.15) is 34.3 Å². The van der Waals surface area contributed by atoms with Crippen LogP contribution in [0, 0.1) is 2.88 Å². The molecular formula is C12H13IN2S2. The molecule has 2 heterocycles. The average molecular weight is 376 g/mol. The van der Waals surface area contributed by atoms with Crippen LogP contribution in [0.5, 0.6) is 0 Å². The number of nitrogens with one attached hydrogen (secondary N) is 1. The molecule has 0 saturated carbocycles. The van der Waals surface area contributed by atoms with Crippen LogP contribution >= 0.6 is 45.3 Å². The summed E-state index contributed by atoms with van der Waals surface area (Å²) in [6, 6.07) is 2.88. The molecule has 0 radical (unpaired) electrons. The second-order valence-corrected chi connectivity index (χ2v) is 8.19. The highest BCUT2D eigenvalue weighted by Crippen LogP contribution is 2.36. The minimum absolute atomic E-state index is 0.530. The molecule has 1 atom stereocenters. The molecule has 0 aliphatic heterocycles. The molecule has 3 rings (SSSR count). The molecule has 17 heavy (non-hydrogen) atoms. The molecular weight excluding hydrogens is 363 g/mol. The summed E-state index contributed by atoms with van der Waals surface area (Å²) in [7, 11) is 0. The lowest BCUT2D eigenvalue weighted by atomic mass is 9.94. The number of thiophene rings is 1. The second kappa shape index (κ2) is 5.34. The van der Waals surface area contributed by atoms with Gasteiger partial charge in [0.15, 0.2) is 0 Å². The summed E-state index contributed by atoms with van der Waals surface area (Å²) in [4.78, 5) is 5.90. The Morgan fingerprint density at radius 3 is 3.29 bits per heavy atom. The summed E-state index contributed by atoms with van der Waals surface area (Å²) < 4.78 is 1.41. The molecule has 0 fully saturated rings. The largest absolute Gasteiger partial charge is 0.304 e. The summed E-state index contributed by atoms with van der Waals surface area (Å²) in [5.74, 6) is 0. The maximum absolute atomic E-state index is 4.32. The van der Waals surface area contributed by atoms with Crippen molar-refractivity contribution in [2.24, 2.45) is 0 Å². The first-order chi connectivity index (χ1) is 8.33. The van der Waals surface area contributed by atoms with E-state index in [0.717, 1.165) is 6.54 Å². The summed E-state index contributed by atoms with van der Waals surface area (Å²) in [5, 5.41) is 6.87. The highest BCUT2D eigenvalue weighted by atomic mass is 127. The van der Waals surface area contributed by atoms with Gasteiger partial charge >= 0.3 is 0 Å². The molecule has 0 spiro atoms. The lowest BCUT2D eigenvalue weighted by Gasteiger charge is -2.23. The zero-order valence-corrected chi connectivity index (χ0v) is 13.1. The zero-order chi connectivity index (χ0) is 11.7. The molecule has 1 aliphatic rings. The maximum atomic E-state index is 4.32. The zero-order valence-electron chi connectivity index (χ0n) is 9.28. The third-order valence-electron chi connectivity index (χ3n) is 3.07. The Morgan fingerprint density at radius 1 is 1.53 bits per heavy atom. The van der Waals surface area contributed by atoms with Crippen LogP contribution in [0.2, 0.25) is 0 Å². The van der Waals surface area contributed by atoms with Crippen molar-refractivity contribution in [2.75, 3.05) is 0 Å². The van der Waals surface area contributed by atoms with Crippen molar-refractivity contribution in [2.45, 2.75) is 31.8 Å². The molecule has 1 unspecified atom stereocenters. The standard InChI is InChI=1S/C12H13IN2S2/c13-11-6-8-9(2-1-3-10(8)17-11)15-7-12-14-4-5-16-12/h4-6,9,15H,1-3,7H2. The van der Waals surface area contributed by atoms with Gasteiger partial charge in [-0.05, 0) is 53.5 Å². The van der Waals surface area contributed by atoms with Crippen molar-refractivity contribution in [3.8, 4) is 0 Å². The van der Waals surface area contributed by atoms with Gasteiger partial charge in [0.1, 0.15) is 5.01 Å². The number of aryl methyl sites for hydroxylation is 1. The lowest BCUT2D eigenvalue weighted by molar-refractivity contribution is 0.462. The number of thiazole rings is 1. The first-order valence-electron chi connectivity index (χ1n) is 5.73. The summed E-state index contributed by atoms with van der Waals surface area (Å²) in [6.07, 6.45) is 5.70. The quantitative estimate of drug-likeness (QED) is 0.820. The predicted octanol–water partition coefficient (Wildman–Crippen LogP) is 3.98. The molecule has 0 bridgehead atoms. The third-order valence-corrected chi connectivity index (χ3v) is 5.82. The highest BCUT2D eigenvalue weighted by molar-refractivity contribution is 14.1. The normalized spacial score (nSPS) is 19.2. The van der Waals surface area contributed by atoms with E-state index in [0.29, 0.717) is 6.04 Å². The predicted molar refractivity (Wildman–Crippen MR) is 81.7 cm³/mol. The van der Waals surface area contributed by atoms with E-state index < -0.39 is 0 Å². The van der Waals surface area contributed by atoms with Gasteiger partial charge in [-0.25, -0.2) is 4.98 Å². The fraction of sp³-hybridized carbons (Fsp3) is 0.417. The van der Waals surface area contributed by atoms with E-state index in [1.54, 1.807) is 16.2 Å². The fourth-order valence-corrected chi connectivity index (χ4v) is 4.97. The van der Waals surface area contributed by atoms with Crippen LogP contribution in [0.15, 0.2) is 17.6 Å². The Hall–Kier alpha value is 0.0200. The smallest absolute Gasteiger partial charge is 0.106 e. The minimum Gasteiger partial charge on any atom is -0.304 e. The van der Waals surface area contributed by atoms with Gasteiger partial charge in [0.25, 0.3) is 0 Å². The highest BCUT2D eigenvalue weighted by Gasteiger charge is 2.22. The van der Waals surface area contributed by atoms with Gasteiger partial charge in [-0.3, -0.25) is 0 Å². The van der Waals surface area contributed by atoms with Crippen LogP contribution < -0.4 is 5.32 Å². The topological polar surface area (TPSA) is 24.9 Å². The number of fused-ring (bicyclic) bond motifs is 1. The number of hydrogen-bond acceptors (Lipinski definition) is 4. The van der Waals surface area contributed by atoms with Crippen LogP contribution in [-0.4, -0.2) is 4.98 Å². The second-order valence-electron chi connectivity index (χ2n) is 4.18. The number of nitrogens with zero attached hydrogens (tertiary/aromatic N) is 1. The van der Waals surface area contributed by atoms with E-state index in [1.807, 2.05) is 22.9 Å². The molecule has 1 N–H and O–H groups in total. The first-order valence-corrected chi connectivity index (χ1v) is 8.50. The Morgan fingerprint density at radius 2 is 2.47 bits per heavy atom. The Kier molecular flexibility index (Phi) is 3.79. The maximum Gasteiger partial charge on any atom is 0.106 e. The fourth-order valence-electron chi connectivity index (χ4n) is 2.28. The summed E-state index contributed by atoms with van der Waals surface area (Å²) >= 11 is 6.11. The van der Waals surface area contributed by atoms with Gasteiger partial charge in [0.2, 0.25) is 0 Å². The molecule has 0 amide bonds. The van der Waals surface area contributed by atoms with Gasteiger partial charge in [-0.1, -0.05) is 0 Å². The molecule has 2 nitrogen and oxygen atoms in total. The Labute approximate surface area is 123 Å². The van der Waals surface area contributed by atoms with Crippen molar-refractivity contribution in [1.82, 2.24) is 10.3 Å². The molecule has 0 aromatic carbocycles. The van der Waals surface area contributed by atoms with Crippen LogP contribution in [-0.2, 0) is 13.0 Å². The van der Waals surface area contributed by atoms with Gasteiger partial charge in [-0.2, -0.15) is 0 Å². The Balaban J connectivity index is 1.72. The van der Waals surface area contributed by atoms with E-state index in [2.05, 4.69) is 39.0 Å². The molecule has 90 valence electrons. The molecule has 0 saturated heterocycles. The minimum atomic E-state index is 0.530. The summed E-state index contributed by atoms with van der Waals surface area (Å²) in [5.41, 5.74) is 1.53. The lowest BCUT2D eigenvalue weighted by Crippen LogP contribution is -2.23. The van der Waals surface area contributed by atoms with Crippen molar-refractivity contribution in [3.63, 3.8) is 0 Å². The van der Waals surface area contributed by atoms with Gasteiger partial charge < -0.3 is 5.32 Å². The van der Waals surface area contributed by atoms with Gasteiger partial charge in [-0.15, -0.1) is 22.7 Å². The van der Waals surface area contributed by atoms with Crippen LogP contribution in [0.25, 0.3) is 0 Å². The van der Waals surface area contributed by atoms with E-state index in [4.69, 9.17) is 0 Å². The SMILES string of the molecule is Ic1cc2c(s1)CCCC2NCc1nccs1. The van der Waals surface area contributed by atoms with E-state index in [-0.39, 0.29) is 0 Å². The number of aromatic nitrogens is 1. The van der Waals surface area contributed by atoms with E-state index >= 15 is 0 Å². The van der Waals surface area contributed by atoms with Gasteiger partial charge in [0, 0.05) is 29.0 Å². The third kappa shape index (κ3) is 2.72. The molecule has 1 aliphatic carbocycles. The first kappa shape index (κ1) is 12.1. The van der Waals surface area contributed by atoms with Crippen LogP contribution in [0.3, 0.4) is 0 Å². The summed E-state index contributed by atoms with van der Waals surface area (Å²) in [6.45, 7) is 0.897. The number of halogens is 1. The molecule has 5 heteroatoms. The monoisotopic (exact) mass is 376 g/mol. The van der Waals surface area contributed by atoms with Crippen molar-refractivity contribution in [3.05, 3.63) is 36.0 Å². The van der Waals surface area contributed by atoms with E-state index in [9.17, 15) is 0 Å². The number of hydrogen-bond donors (Lipinski definition) is 1.